The highest BCUT2D eigenvalue weighted by atomic mass is 16.5. The van der Waals surface area contributed by atoms with Crippen molar-refractivity contribution >= 4 is 17.9 Å². The Kier molecular flexibility index (Phi) is 6.87. The fourth-order valence-corrected chi connectivity index (χ4v) is 3.47. The quantitative estimate of drug-likeness (QED) is 0.793. The summed E-state index contributed by atoms with van der Waals surface area (Å²) in [5, 5.41) is 0. The van der Waals surface area contributed by atoms with Crippen LogP contribution in [0.5, 0.6) is 0 Å². The van der Waals surface area contributed by atoms with Crippen LogP contribution in [0.15, 0.2) is 0 Å². The molecule has 8 heteroatoms. The molecule has 2 rings (SSSR count). The molecule has 1 saturated heterocycles. The summed E-state index contributed by atoms with van der Waals surface area (Å²) in [4.78, 5) is 45.9. The Morgan fingerprint density at radius 2 is 1.59 bits per heavy atom. The first-order chi connectivity index (χ1) is 12.9. The molecule has 0 unspecified atom stereocenters. The molecule has 1 fully saturated rings. The minimum atomic E-state index is -0.436. The summed E-state index contributed by atoms with van der Waals surface area (Å²) in [7, 11) is 1.34. The lowest BCUT2D eigenvalue weighted by molar-refractivity contribution is 0.0599. The van der Waals surface area contributed by atoms with Crippen LogP contribution < -0.4 is 0 Å². The molecule has 1 N–H and O–H groups in total. The van der Waals surface area contributed by atoms with Crippen molar-refractivity contribution in [1.82, 2.24) is 19.7 Å². The molecule has 1 aromatic heterocycles. The zero-order chi connectivity index (χ0) is 20.1. The first kappa shape index (κ1) is 20.8. The lowest BCUT2D eigenvalue weighted by Gasteiger charge is -2.37. The van der Waals surface area contributed by atoms with Crippen molar-refractivity contribution < 1.29 is 19.1 Å². The van der Waals surface area contributed by atoms with E-state index in [0.717, 1.165) is 0 Å². The van der Waals surface area contributed by atoms with Gasteiger partial charge in [0, 0.05) is 45.0 Å². The molecule has 3 amide bonds. The Balaban J connectivity index is 2.11. The summed E-state index contributed by atoms with van der Waals surface area (Å²) < 4.78 is 4.85. The third kappa shape index (κ3) is 4.09. The summed E-state index contributed by atoms with van der Waals surface area (Å²) in [5.74, 6) is -0.582. The number of nitrogens with zero attached hydrogens (tertiary/aromatic N) is 3. The van der Waals surface area contributed by atoms with Crippen LogP contribution in [0.2, 0.25) is 0 Å². The number of amides is 3. The Hall–Kier alpha value is -2.51. The van der Waals surface area contributed by atoms with Gasteiger partial charge in [-0.3, -0.25) is 4.79 Å². The summed E-state index contributed by atoms with van der Waals surface area (Å²) in [5.41, 5.74) is 2.19. The predicted octanol–water partition coefficient (Wildman–Crippen LogP) is 1.89. The normalized spacial score (nSPS) is 14.3. The van der Waals surface area contributed by atoms with Gasteiger partial charge >= 0.3 is 12.0 Å². The number of carbonyl (C=O) groups is 3. The van der Waals surface area contributed by atoms with Gasteiger partial charge in [0.15, 0.2) is 0 Å². The van der Waals surface area contributed by atoms with Crippen LogP contribution in [0, 0.1) is 6.92 Å². The van der Waals surface area contributed by atoms with Gasteiger partial charge in [-0.15, -0.1) is 0 Å². The van der Waals surface area contributed by atoms with E-state index in [1.807, 2.05) is 20.8 Å². The molecule has 1 aliphatic heterocycles. The van der Waals surface area contributed by atoms with Crippen LogP contribution in [-0.4, -0.2) is 84.0 Å². The second kappa shape index (κ2) is 8.92. The third-order valence-corrected chi connectivity index (χ3v) is 5.16. The zero-order valence-corrected chi connectivity index (χ0v) is 16.9. The van der Waals surface area contributed by atoms with Gasteiger partial charge in [-0.25, -0.2) is 9.59 Å². The fourth-order valence-electron chi connectivity index (χ4n) is 3.47. The van der Waals surface area contributed by atoms with Gasteiger partial charge in [-0.05, 0) is 32.8 Å². The number of hydrogen-bond acceptors (Lipinski definition) is 4. The minimum Gasteiger partial charge on any atom is -0.465 e. The van der Waals surface area contributed by atoms with Crippen molar-refractivity contribution in [2.45, 2.75) is 34.1 Å². The predicted molar refractivity (Wildman–Crippen MR) is 102 cm³/mol. The number of ether oxygens (including phenoxy) is 1. The number of rotatable bonds is 5. The molecular formula is C19H30N4O4. The molecule has 0 spiro atoms. The standard InChI is InChI=1S/C19H30N4O4/c1-6-14-15(18(25)27-5)13(4)16(20-14)17(24)22-9-11-23(12-10-22)19(26)21(7-2)8-3/h20H,6-12H2,1-5H3. The molecule has 8 nitrogen and oxygen atoms in total. The van der Waals surface area contributed by atoms with Gasteiger partial charge in [0.2, 0.25) is 0 Å². The van der Waals surface area contributed by atoms with Gasteiger partial charge in [0.25, 0.3) is 5.91 Å². The Bertz CT molecular complexity index is 701. The molecule has 0 aliphatic carbocycles. The van der Waals surface area contributed by atoms with Crippen molar-refractivity contribution in [3.8, 4) is 0 Å². The van der Waals surface area contributed by atoms with E-state index in [4.69, 9.17) is 4.74 Å². The molecule has 0 aromatic carbocycles. The molecule has 0 saturated carbocycles. The number of carbonyl (C=O) groups excluding carboxylic acids is 3. The van der Waals surface area contributed by atoms with Crippen molar-refractivity contribution in [2.75, 3.05) is 46.4 Å². The average molecular weight is 378 g/mol. The van der Waals surface area contributed by atoms with E-state index >= 15 is 0 Å². The SMILES string of the molecule is CCc1[nH]c(C(=O)N2CCN(C(=O)N(CC)CC)CC2)c(C)c1C(=O)OC. The van der Waals surface area contributed by atoms with Gasteiger partial charge in [0.1, 0.15) is 5.69 Å². The Morgan fingerprint density at radius 3 is 2.07 bits per heavy atom. The fraction of sp³-hybridized carbons (Fsp3) is 0.632. The number of nitrogens with one attached hydrogen (secondary N) is 1. The molecule has 150 valence electrons. The molecule has 27 heavy (non-hydrogen) atoms. The number of urea groups is 1. The molecule has 0 bridgehead atoms. The first-order valence-electron chi connectivity index (χ1n) is 9.52. The summed E-state index contributed by atoms with van der Waals surface area (Å²) in [6, 6.07) is 0.0180. The van der Waals surface area contributed by atoms with Crippen molar-refractivity contribution in [2.24, 2.45) is 0 Å². The highest BCUT2D eigenvalue weighted by Gasteiger charge is 2.30. The van der Waals surface area contributed by atoms with Crippen LogP contribution in [-0.2, 0) is 11.2 Å². The van der Waals surface area contributed by atoms with Crippen molar-refractivity contribution in [3.05, 3.63) is 22.5 Å². The van der Waals surface area contributed by atoms with Crippen molar-refractivity contribution in [1.29, 1.82) is 0 Å². The molecule has 1 aromatic rings. The van der Waals surface area contributed by atoms with Crippen molar-refractivity contribution in [3.63, 3.8) is 0 Å². The van der Waals surface area contributed by atoms with Gasteiger partial charge in [-0.2, -0.15) is 0 Å². The maximum absolute atomic E-state index is 13.0. The highest BCUT2D eigenvalue weighted by Crippen LogP contribution is 2.22. The number of aryl methyl sites for hydroxylation is 1. The number of aromatic amines is 1. The zero-order valence-electron chi connectivity index (χ0n) is 16.9. The minimum absolute atomic E-state index is 0.0180. The van der Waals surface area contributed by atoms with Crippen LogP contribution >= 0.6 is 0 Å². The summed E-state index contributed by atoms with van der Waals surface area (Å²) >= 11 is 0. The van der Waals surface area contributed by atoms with Gasteiger partial charge < -0.3 is 24.4 Å². The lowest BCUT2D eigenvalue weighted by atomic mass is 10.1. The van der Waals surface area contributed by atoms with Gasteiger partial charge in [-0.1, -0.05) is 6.92 Å². The van der Waals surface area contributed by atoms with Crippen LogP contribution in [0.25, 0.3) is 0 Å². The van der Waals surface area contributed by atoms with E-state index in [0.29, 0.717) is 68.2 Å². The van der Waals surface area contributed by atoms with Crippen LogP contribution in [0.3, 0.4) is 0 Å². The summed E-state index contributed by atoms with van der Waals surface area (Å²) in [6.45, 7) is 10.9. The molecule has 2 heterocycles. The molecule has 1 aliphatic rings. The second-order valence-electron chi connectivity index (χ2n) is 6.56. The maximum Gasteiger partial charge on any atom is 0.339 e. The smallest absolute Gasteiger partial charge is 0.339 e. The number of piperazine rings is 1. The Morgan fingerprint density at radius 1 is 1.04 bits per heavy atom. The third-order valence-electron chi connectivity index (χ3n) is 5.16. The van der Waals surface area contributed by atoms with Crippen LogP contribution in [0.1, 0.15) is 52.9 Å². The number of H-pyrrole nitrogens is 1. The lowest BCUT2D eigenvalue weighted by Crippen LogP contribution is -2.54. The van der Waals surface area contributed by atoms with Crippen LogP contribution in [0.4, 0.5) is 4.79 Å². The maximum atomic E-state index is 13.0. The second-order valence-corrected chi connectivity index (χ2v) is 6.56. The molecule has 0 radical (unpaired) electrons. The first-order valence-corrected chi connectivity index (χ1v) is 9.52. The largest absolute Gasteiger partial charge is 0.465 e. The van der Waals surface area contributed by atoms with E-state index in [1.165, 1.54) is 7.11 Å². The van der Waals surface area contributed by atoms with Gasteiger partial charge in [0.05, 0.1) is 12.7 Å². The molecular weight excluding hydrogens is 348 g/mol. The number of methoxy groups -OCH3 is 1. The average Bonchev–Trinajstić information content (AvgIpc) is 3.04. The topological polar surface area (TPSA) is 86.0 Å². The number of hydrogen-bond donors (Lipinski definition) is 1. The number of aromatic nitrogens is 1. The summed E-state index contributed by atoms with van der Waals surface area (Å²) in [6.07, 6.45) is 0.602. The monoisotopic (exact) mass is 378 g/mol. The van der Waals surface area contributed by atoms with E-state index in [-0.39, 0.29) is 11.9 Å². The van der Waals surface area contributed by atoms with E-state index in [2.05, 4.69) is 4.98 Å². The number of esters is 1. The van der Waals surface area contributed by atoms with E-state index in [9.17, 15) is 14.4 Å². The molecule has 0 atom stereocenters. The highest BCUT2D eigenvalue weighted by molar-refractivity contribution is 6.00. The van der Waals surface area contributed by atoms with E-state index < -0.39 is 5.97 Å². The van der Waals surface area contributed by atoms with E-state index in [1.54, 1.807) is 21.6 Å². The Labute approximate surface area is 160 Å².